The first-order valence-electron chi connectivity index (χ1n) is 11.8. The van der Waals surface area contributed by atoms with Gasteiger partial charge in [-0.1, -0.05) is 29.8 Å². The number of amides is 1. The van der Waals surface area contributed by atoms with Crippen molar-refractivity contribution in [3.05, 3.63) is 106 Å². The van der Waals surface area contributed by atoms with Gasteiger partial charge in [-0.05, 0) is 79.1 Å². The van der Waals surface area contributed by atoms with Crippen LogP contribution in [0.15, 0.2) is 78.9 Å². The number of halogens is 1. The van der Waals surface area contributed by atoms with E-state index >= 15 is 0 Å². The molecule has 0 radical (unpaired) electrons. The van der Waals surface area contributed by atoms with E-state index in [-0.39, 0.29) is 12.2 Å². The molecule has 38 heavy (non-hydrogen) atoms. The largest absolute Gasteiger partial charge is 0.493 e. The van der Waals surface area contributed by atoms with Crippen LogP contribution in [0.3, 0.4) is 0 Å². The van der Waals surface area contributed by atoms with E-state index in [4.69, 9.17) is 25.8 Å². The number of nitriles is 1. The summed E-state index contributed by atoms with van der Waals surface area (Å²) in [6, 6.07) is 19.0. The van der Waals surface area contributed by atoms with Crippen LogP contribution in [0.1, 0.15) is 34.0 Å². The number of nitrogens with one attached hydrogen (secondary N) is 1. The second-order valence-corrected chi connectivity index (χ2v) is 8.48. The minimum absolute atomic E-state index is 0.110. The summed E-state index contributed by atoms with van der Waals surface area (Å²) in [5.41, 5.74) is 2.99. The Labute approximate surface area is 226 Å². The van der Waals surface area contributed by atoms with E-state index in [2.05, 4.69) is 11.9 Å². The standard InChI is InChI=1S/C30H27ClN2O5/c1-4-6-23-15-21(17-27(36-3)28(23)38-19-20-7-11-25(31)12-8-20)16-24(18-32)29(34)33-26-13-9-22(10-14-26)30(35)37-5-2/h4,7-17H,1,5-6,19H2,2-3H3,(H,33,34)/b24-16+. The third kappa shape index (κ3) is 7.48. The lowest BCUT2D eigenvalue weighted by molar-refractivity contribution is -0.112. The molecule has 8 heteroatoms. The molecule has 3 aromatic rings. The van der Waals surface area contributed by atoms with Crippen molar-refractivity contribution in [2.24, 2.45) is 0 Å². The fourth-order valence-corrected chi connectivity index (χ4v) is 3.67. The van der Waals surface area contributed by atoms with Gasteiger partial charge in [-0.2, -0.15) is 5.26 Å². The molecule has 3 rings (SSSR count). The van der Waals surface area contributed by atoms with Crippen molar-refractivity contribution in [2.45, 2.75) is 20.0 Å². The van der Waals surface area contributed by atoms with E-state index in [0.29, 0.717) is 46.4 Å². The predicted octanol–water partition coefficient (Wildman–Crippen LogP) is 6.38. The molecule has 0 fully saturated rings. The highest BCUT2D eigenvalue weighted by Gasteiger charge is 2.15. The van der Waals surface area contributed by atoms with Crippen molar-refractivity contribution in [2.75, 3.05) is 19.0 Å². The molecular weight excluding hydrogens is 504 g/mol. The normalized spacial score (nSPS) is 10.7. The average molecular weight is 531 g/mol. The van der Waals surface area contributed by atoms with E-state index in [1.165, 1.54) is 13.2 Å². The number of nitrogens with zero attached hydrogens (tertiary/aromatic N) is 1. The molecule has 0 saturated heterocycles. The fraction of sp³-hybridized carbons (Fsp3) is 0.167. The molecule has 3 aromatic carbocycles. The smallest absolute Gasteiger partial charge is 0.338 e. The maximum atomic E-state index is 12.8. The molecule has 0 spiro atoms. The van der Waals surface area contributed by atoms with Crippen molar-refractivity contribution >= 4 is 35.2 Å². The molecular formula is C30H27ClN2O5. The lowest BCUT2D eigenvalue weighted by Crippen LogP contribution is -2.13. The Morgan fingerprint density at radius 1 is 1.11 bits per heavy atom. The monoisotopic (exact) mass is 530 g/mol. The highest BCUT2D eigenvalue weighted by molar-refractivity contribution is 6.30. The molecule has 0 aliphatic heterocycles. The van der Waals surface area contributed by atoms with Gasteiger partial charge >= 0.3 is 5.97 Å². The van der Waals surface area contributed by atoms with Crippen molar-refractivity contribution < 1.29 is 23.8 Å². The number of esters is 1. The van der Waals surface area contributed by atoms with Crippen LogP contribution in [-0.2, 0) is 22.6 Å². The number of carbonyl (C=O) groups is 2. The highest BCUT2D eigenvalue weighted by atomic mass is 35.5. The van der Waals surface area contributed by atoms with Gasteiger partial charge in [0.2, 0.25) is 0 Å². The number of benzene rings is 3. The molecule has 194 valence electrons. The number of anilines is 1. The number of ether oxygens (including phenoxy) is 3. The van der Waals surface area contributed by atoms with Gasteiger partial charge in [0.05, 0.1) is 19.3 Å². The summed E-state index contributed by atoms with van der Waals surface area (Å²) < 4.78 is 16.6. The first-order chi connectivity index (χ1) is 18.4. The maximum absolute atomic E-state index is 12.8. The van der Waals surface area contributed by atoms with Gasteiger partial charge in [0.25, 0.3) is 5.91 Å². The third-order valence-corrected chi connectivity index (χ3v) is 5.62. The highest BCUT2D eigenvalue weighted by Crippen LogP contribution is 2.35. The molecule has 0 aliphatic rings. The molecule has 1 amide bonds. The van der Waals surface area contributed by atoms with Gasteiger partial charge in [0.1, 0.15) is 18.2 Å². The molecule has 1 N–H and O–H groups in total. The molecule has 0 saturated carbocycles. The zero-order valence-corrected chi connectivity index (χ0v) is 21.9. The second kappa shape index (κ2) is 13.7. The molecule has 0 unspecified atom stereocenters. The lowest BCUT2D eigenvalue weighted by atomic mass is 10.0. The number of rotatable bonds is 11. The Hall–Kier alpha value is -4.54. The van der Waals surface area contributed by atoms with E-state index in [0.717, 1.165) is 11.1 Å². The Balaban J connectivity index is 1.83. The van der Waals surface area contributed by atoms with Crippen LogP contribution in [0.4, 0.5) is 5.69 Å². The van der Waals surface area contributed by atoms with Crippen LogP contribution in [0, 0.1) is 11.3 Å². The van der Waals surface area contributed by atoms with Gasteiger partial charge in [0, 0.05) is 16.3 Å². The van der Waals surface area contributed by atoms with Crippen molar-refractivity contribution in [3.63, 3.8) is 0 Å². The first-order valence-corrected chi connectivity index (χ1v) is 12.2. The van der Waals surface area contributed by atoms with Gasteiger partial charge in [0.15, 0.2) is 11.5 Å². The minimum atomic E-state index is -0.594. The lowest BCUT2D eigenvalue weighted by Gasteiger charge is -2.16. The van der Waals surface area contributed by atoms with Gasteiger partial charge < -0.3 is 19.5 Å². The summed E-state index contributed by atoms with van der Waals surface area (Å²) in [7, 11) is 1.52. The van der Waals surface area contributed by atoms with Crippen LogP contribution < -0.4 is 14.8 Å². The van der Waals surface area contributed by atoms with Crippen LogP contribution >= 0.6 is 11.6 Å². The second-order valence-electron chi connectivity index (χ2n) is 8.04. The quantitative estimate of drug-likeness (QED) is 0.134. The minimum Gasteiger partial charge on any atom is -0.493 e. The summed E-state index contributed by atoms with van der Waals surface area (Å²) in [6.07, 6.45) is 3.69. The van der Waals surface area contributed by atoms with Gasteiger partial charge in [-0.25, -0.2) is 4.79 Å². The number of carbonyl (C=O) groups excluding carboxylic acids is 2. The molecule has 7 nitrogen and oxygen atoms in total. The molecule has 0 aliphatic carbocycles. The van der Waals surface area contributed by atoms with E-state index in [9.17, 15) is 14.9 Å². The van der Waals surface area contributed by atoms with Crippen LogP contribution in [0.5, 0.6) is 11.5 Å². The number of methoxy groups -OCH3 is 1. The van der Waals surface area contributed by atoms with E-state index < -0.39 is 11.9 Å². The number of hydrogen-bond donors (Lipinski definition) is 1. The van der Waals surface area contributed by atoms with Crippen molar-refractivity contribution in [1.29, 1.82) is 5.26 Å². The number of allylic oxidation sites excluding steroid dienone is 1. The maximum Gasteiger partial charge on any atom is 0.338 e. The van der Waals surface area contributed by atoms with Gasteiger partial charge in [-0.15, -0.1) is 6.58 Å². The molecule has 0 aromatic heterocycles. The summed E-state index contributed by atoms with van der Waals surface area (Å²) in [5, 5.41) is 13.0. The van der Waals surface area contributed by atoms with Crippen LogP contribution in [0.2, 0.25) is 5.02 Å². The van der Waals surface area contributed by atoms with E-state index in [1.807, 2.05) is 24.3 Å². The number of hydrogen-bond acceptors (Lipinski definition) is 6. The van der Waals surface area contributed by atoms with Gasteiger partial charge in [-0.3, -0.25) is 4.79 Å². The van der Waals surface area contributed by atoms with Crippen LogP contribution in [-0.4, -0.2) is 25.6 Å². The zero-order chi connectivity index (χ0) is 27.5. The Kier molecular flexibility index (Phi) is 10.1. The summed E-state index contributed by atoms with van der Waals surface area (Å²) in [6.45, 7) is 6.11. The topological polar surface area (TPSA) is 97.7 Å². The van der Waals surface area contributed by atoms with Crippen molar-refractivity contribution in [3.8, 4) is 17.6 Å². The SMILES string of the molecule is C=CCc1cc(/C=C(\C#N)C(=O)Nc2ccc(C(=O)OCC)cc2)cc(OC)c1OCc1ccc(Cl)cc1. The Morgan fingerprint density at radius 2 is 1.82 bits per heavy atom. The zero-order valence-electron chi connectivity index (χ0n) is 21.1. The van der Waals surface area contributed by atoms with E-state index in [1.54, 1.807) is 55.5 Å². The average Bonchev–Trinajstić information content (AvgIpc) is 2.92. The summed E-state index contributed by atoms with van der Waals surface area (Å²) >= 11 is 5.96. The van der Waals surface area contributed by atoms with Crippen molar-refractivity contribution in [1.82, 2.24) is 0 Å². The summed E-state index contributed by atoms with van der Waals surface area (Å²) in [5.74, 6) is -0.0440. The van der Waals surface area contributed by atoms with Crippen LogP contribution in [0.25, 0.3) is 6.08 Å². The molecule has 0 atom stereocenters. The first kappa shape index (κ1) is 28.0. The fourth-order valence-electron chi connectivity index (χ4n) is 3.54. The third-order valence-electron chi connectivity index (χ3n) is 5.36. The molecule has 0 bridgehead atoms. The Bertz CT molecular complexity index is 1370. The summed E-state index contributed by atoms with van der Waals surface area (Å²) in [4.78, 5) is 24.6. The predicted molar refractivity (Wildman–Crippen MR) is 147 cm³/mol. The Morgan fingerprint density at radius 3 is 2.42 bits per heavy atom. The molecule has 0 heterocycles.